The van der Waals surface area contributed by atoms with E-state index >= 15 is 0 Å². The molecule has 1 N–H and O–H groups in total. The van der Waals surface area contributed by atoms with Gasteiger partial charge in [-0.2, -0.15) is 0 Å². The Morgan fingerprint density at radius 1 is 1.05 bits per heavy atom. The number of fused-ring (bicyclic) bond motifs is 1. The molecule has 0 atom stereocenters. The molecule has 0 amide bonds. The van der Waals surface area contributed by atoms with Crippen molar-refractivity contribution in [3.8, 4) is 5.75 Å². The second-order valence-corrected chi connectivity index (χ2v) is 5.37. The molecule has 3 rings (SSSR count). The highest BCUT2D eigenvalue weighted by Gasteiger charge is 2.14. The predicted octanol–water partition coefficient (Wildman–Crippen LogP) is 3.14. The van der Waals surface area contributed by atoms with Crippen LogP contribution in [-0.4, -0.2) is 9.67 Å². The molecule has 0 bridgehead atoms. The van der Waals surface area contributed by atoms with E-state index < -0.39 is 0 Å². The van der Waals surface area contributed by atoms with E-state index in [1.54, 1.807) is 11.6 Å². The average Bonchev–Trinajstić information content (AvgIpc) is 2.51. The van der Waals surface area contributed by atoms with Crippen molar-refractivity contribution >= 4 is 10.9 Å². The summed E-state index contributed by atoms with van der Waals surface area (Å²) in [4.78, 5) is 12.5. The van der Waals surface area contributed by atoms with Crippen molar-refractivity contribution in [2.75, 3.05) is 0 Å². The van der Waals surface area contributed by atoms with Crippen LogP contribution in [0.3, 0.4) is 0 Å². The molecular formula is C18H17NO2. The monoisotopic (exact) mass is 279 g/mol. The highest BCUT2D eigenvalue weighted by Crippen LogP contribution is 2.27. The molecule has 0 aliphatic heterocycles. The van der Waals surface area contributed by atoms with E-state index in [-0.39, 0.29) is 11.3 Å². The SMILES string of the molecule is Cc1ccc(Cc2c(O)c3ccccc3n(C)c2=O)cc1. The Morgan fingerprint density at radius 3 is 2.43 bits per heavy atom. The summed E-state index contributed by atoms with van der Waals surface area (Å²) >= 11 is 0. The molecule has 0 aliphatic rings. The van der Waals surface area contributed by atoms with Gasteiger partial charge in [-0.15, -0.1) is 0 Å². The van der Waals surface area contributed by atoms with E-state index in [4.69, 9.17) is 0 Å². The first-order valence-corrected chi connectivity index (χ1v) is 6.93. The summed E-state index contributed by atoms with van der Waals surface area (Å²) in [6.07, 6.45) is 0.434. The Balaban J connectivity index is 2.18. The Morgan fingerprint density at radius 2 is 1.71 bits per heavy atom. The Hall–Kier alpha value is -2.55. The summed E-state index contributed by atoms with van der Waals surface area (Å²) in [6.45, 7) is 2.02. The highest BCUT2D eigenvalue weighted by atomic mass is 16.3. The van der Waals surface area contributed by atoms with E-state index in [0.717, 1.165) is 11.1 Å². The molecular weight excluding hydrogens is 262 g/mol. The third kappa shape index (κ3) is 2.31. The van der Waals surface area contributed by atoms with Gasteiger partial charge in [0.15, 0.2) is 0 Å². The van der Waals surface area contributed by atoms with Gasteiger partial charge < -0.3 is 9.67 Å². The molecule has 0 spiro atoms. The van der Waals surface area contributed by atoms with Gasteiger partial charge in [-0.1, -0.05) is 42.0 Å². The van der Waals surface area contributed by atoms with Gasteiger partial charge in [0.1, 0.15) is 5.75 Å². The maximum atomic E-state index is 12.5. The summed E-state index contributed by atoms with van der Waals surface area (Å²) in [7, 11) is 1.74. The zero-order chi connectivity index (χ0) is 15.0. The van der Waals surface area contributed by atoms with E-state index in [2.05, 4.69) is 0 Å². The summed E-state index contributed by atoms with van der Waals surface area (Å²) in [5.74, 6) is 0.0919. The van der Waals surface area contributed by atoms with Gasteiger partial charge in [0, 0.05) is 18.9 Å². The van der Waals surface area contributed by atoms with Crippen molar-refractivity contribution in [3.63, 3.8) is 0 Å². The number of aromatic nitrogens is 1. The van der Waals surface area contributed by atoms with Crippen molar-refractivity contribution in [2.24, 2.45) is 7.05 Å². The molecule has 2 aromatic carbocycles. The fourth-order valence-electron chi connectivity index (χ4n) is 2.61. The Bertz CT molecular complexity index is 861. The molecule has 1 aromatic heterocycles. The smallest absolute Gasteiger partial charge is 0.258 e. The number of pyridine rings is 1. The summed E-state index contributed by atoms with van der Waals surface area (Å²) in [6, 6.07) is 15.4. The lowest BCUT2D eigenvalue weighted by molar-refractivity contribution is 0.473. The summed E-state index contributed by atoms with van der Waals surface area (Å²) in [5, 5.41) is 11.2. The number of aryl methyl sites for hydroxylation is 2. The molecule has 0 saturated heterocycles. The fourth-order valence-corrected chi connectivity index (χ4v) is 2.61. The van der Waals surface area contributed by atoms with Crippen LogP contribution >= 0.6 is 0 Å². The highest BCUT2D eigenvalue weighted by molar-refractivity contribution is 5.86. The summed E-state index contributed by atoms with van der Waals surface area (Å²) in [5.41, 5.74) is 3.23. The first kappa shape index (κ1) is 13.4. The second kappa shape index (κ2) is 5.09. The fraction of sp³-hybridized carbons (Fsp3) is 0.167. The lowest BCUT2D eigenvalue weighted by Crippen LogP contribution is -2.21. The molecule has 0 unspecified atom stereocenters. The largest absolute Gasteiger partial charge is 0.507 e. The van der Waals surface area contributed by atoms with Crippen LogP contribution in [0.5, 0.6) is 5.75 Å². The van der Waals surface area contributed by atoms with Gasteiger partial charge in [0.2, 0.25) is 0 Å². The van der Waals surface area contributed by atoms with E-state index in [9.17, 15) is 9.90 Å². The number of hydrogen-bond acceptors (Lipinski definition) is 2. The Kier molecular flexibility index (Phi) is 3.26. The van der Waals surface area contributed by atoms with Crippen molar-refractivity contribution in [1.29, 1.82) is 0 Å². The predicted molar refractivity (Wildman–Crippen MR) is 84.8 cm³/mol. The number of aromatic hydroxyl groups is 1. The molecule has 0 radical (unpaired) electrons. The average molecular weight is 279 g/mol. The van der Waals surface area contributed by atoms with Gasteiger partial charge in [0.25, 0.3) is 5.56 Å². The van der Waals surface area contributed by atoms with Crippen LogP contribution in [-0.2, 0) is 13.5 Å². The zero-order valence-electron chi connectivity index (χ0n) is 12.1. The van der Waals surface area contributed by atoms with Crippen molar-refractivity contribution in [2.45, 2.75) is 13.3 Å². The van der Waals surface area contributed by atoms with E-state index in [0.29, 0.717) is 17.4 Å². The zero-order valence-corrected chi connectivity index (χ0v) is 12.1. The minimum absolute atomic E-state index is 0.0919. The van der Waals surface area contributed by atoms with Crippen LogP contribution in [0.15, 0.2) is 53.3 Å². The third-order valence-electron chi connectivity index (χ3n) is 3.87. The van der Waals surface area contributed by atoms with Crippen LogP contribution in [0, 0.1) is 6.92 Å². The van der Waals surface area contributed by atoms with Crippen molar-refractivity contribution < 1.29 is 5.11 Å². The first-order valence-electron chi connectivity index (χ1n) is 6.93. The van der Waals surface area contributed by atoms with Crippen molar-refractivity contribution in [3.05, 3.63) is 75.6 Å². The minimum atomic E-state index is -0.147. The topological polar surface area (TPSA) is 42.2 Å². The van der Waals surface area contributed by atoms with Crippen molar-refractivity contribution in [1.82, 2.24) is 4.57 Å². The molecule has 21 heavy (non-hydrogen) atoms. The van der Waals surface area contributed by atoms with Gasteiger partial charge >= 0.3 is 0 Å². The lowest BCUT2D eigenvalue weighted by atomic mass is 10.0. The van der Waals surface area contributed by atoms with Crippen LogP contribution in [0.4, 0.5) is 0 Å². The van der Waals surface area contributed by atoms with Crippen LogP contribution < -0.4 is 5.56 Å². The number of para-hydroxylation sites is 1. The maximum absolute atomic E-state index is 12.5. The van der Waals surface area contributed by atoms with Crippen LogP contribution in [0.25, 0.3) is 10.9 Å². The third-order valence-corrected chi connectivity index (χ3v) is 3.87. The standard InChI is InChI=1S/C18H17NO2/c1-12-7-9-13(10-8-12)11-15-17(20)14-5-3-4-6-16(14)19(2)18(15)21/h3-10,20H,11H2,1-2H3. The number of nitrogens with zero attached hydrogens (tertiary/aromatic N) is 1. The normalized spacial score (nSPS) is 11.0. The van der Waals surface area contributed by atoms with E-state index in [1.807, 2.05) is 55.5 Å². The summed E-state index contributed by atoms with van der Waals surface area (Å²) < 4.78 is 1.60. The van der Waals surface area contributed by atoms with Crippen LogP contribution in [0.1, 0.15) is 16.7 Å². The molecule has 106 valence electrons. The minimum Gasteiger partial charge on any atom is -0.507 e. The van der Waals surface area contributed by atoms with Gasteiger partial charge in [-0.05, 0) is 24.6 Å². The molecule has 3 aromatic rings. The quantitative estimate of drug-likeness (QED) is 0.783. The second-order valence-electron chi connectivity index (χ2n) is 5.37. The first-order chi connectivity index (χ1) is 10.1. The lowest BCUT2D eigenvalue weighted by Gasteiger charge is -2.12. The number of rotatable bonds is 2. The maximum Gasteiger partial charge on any atom is 0.258 e. The van der Waals surface area contributed by atoms with E-state index in [1.165, 1.54) is 5.56 Å². The van der Waals surface area contributed by atoms with Gasteiger partial charge in [-0.25, -0.2) is 0 Å². The molecule has 0 aliphatic carbocycles. The van der Waals surface area contributed by atoms with Gasteiger partial charge in [-0.3, -0.25) is 4.79 Å². The van der Waals surface area contributed by atoms with Gasteiger partial charge in [0.05, 0.1) is 11.1 Å². The van der Waals surface area contributed by atoms with Crippen LogP contribution in [0.2, 0.25) is 0 Å². The molecule has 0 saturated carbocycles. The molecule has 3 nitrogen and oxygen atoms in total. The Labute approximate surface area is 123 Å². The number of benzene rings is 2. The molecule has 1 heterocycles. The molecule has 0 fully saturated rings. The number of hydrogen-bond donors (Lipinski definition) is 1. The molecule has 3 heteroatoms.